The molecule has 88 valence electrons. The number of nitrogens with one attached hydrogen (secondary N) is 1. The van der Waals surface area contributed by atoms with Gasteiger partial charge in [-0.15, -0.1) is 0 Å². The summed E-state index contributed by atoms with van der Waals surface area (Å²) in [4.78, 5) is 19.6. The number of nitrogens with zero attached hydrogens (tertiary/aromatic N) is 2. The molecule has 1 amide bonds. The maximum Gasteiger partial charge on any atom is 0.271 e. The third kappa shape index (κ3) is 3.84. The Labute approximate surface area is 95.3 Å². The van der Waals surface area contributed by atoms with Crippen molar-refractivity contribution in [3.63, 3.8) is 0 Å². The van der Waals surface area contributed by atoms with Gasteiger partial charge in [-0.25, -0.2) is 4.98 Å². The summed E-state index contributed by atoms with van der Waals surface area (Å²) in [7, 11) is 0. The topological polar surface area (TPSA) is 64.1 Å². The van der Waals surface area contributed by atoms with Crippen molar-refractivity contribution >= 4 is 5.91 Å². The highest BCUT2D eigenvalue weighted by atomic mass is 16.5. The molecule has 0 saturated heterocycles. The Morgan fingerprint density at radius 1 is 1.50 bits per heavy atom. The van der Waals surface area contributed by atoms with Crippen LogP contribution in [-0.4, -0.2) is 28.5 Å². The highest BCUT2D eigenvalue weighted by Gasteiger charge is 2.08. The van der Waals surface area contributed by atoms with E-state index in [1.807, 2.05) is 20.8 Å². The minimum Gasteiger partial charge on any atom is -0.474 e. The second-order valence-electron chi connectivity index (χ2n) is 3.67. The predicted octanol–water partition coefficient (Wildman–Crippen LogP) is 1.40. The van der Waals surface area contributed by atoms with Gasteiger partial charge < -0.3 is 10.1 Å². The molecule has 5 heteroatoms. The lowest BCUT2D eigenvalue weighted by Crippen LogP contribution is -2.25. The Bertz CT molecular complexity index is 353. The molecule has 0 saturated carbocycles. The molecular weight excluding hydrogens is 206 g/mol. The lowest BCUT2D eigenvalue weighted by atomic mass is 10.4. The van der Waals surface area contributed by atoms with Crippen molar-refractivity contribution in [3.8, 4) is 5.88 Å². The monoisotopic (exact) mass is 223 g/mol. The normalized spacial score (nSPS) is 10.2. The van der Waals surface area contributed by atoms with Crippen LogP contribution in [-0.2, 0) is 0 Å². The van der Waals surface area contributed by atoms with Crippen LogP contribution in [0.2, 0.25) is 0 Å². The fourth-order valence-corrected chi connectivity index (χ4v) is 1.08. The molecule has 1 heterocycles. The van der Waals surface area contributed by atoms with Crippen LogP contribution in [0, 0.1) is 0 Å². The minimum absolute atomic E-state index is 0.0169. The van der Waals surface area contributed by atoms with Crippen molar-refractivity contribution in [2.75, 3.05) is 6.54 Å². The molecule has 0 spiro atoms. The van der Waals surface area contributed by atoms with Crippen LogP contribution in [0.15, 0.2) is 12.4 Å². The van der Waals surface area contributed by atoms with Gasteiger partial charge in [-0.3, -0.25) is 9.78 Å². The summed E-state index contributed by atoms with van der Waals surface area (Å²) < 4.78 is 5.36. The van der Waals surface area contributed by atoms with Crippen LogP contribution in [0.5, 0.6) is 5.88 Å². The Kier molecular flexibility index (Phi) is 4.69. The zero-order chi connectivity index (χ0) is 12.0. The third-order valence-electron chi connectivity index (χ3n) is 1.74. The lowest BCUT2D eigenvalue weighted by Gasteiger charge is -2.09. The van der Waals surface area contributed by atoms with Crippen LogP contribution < -0.4 is 10.1 Å². The van der Waals surface area contributed by atoms with E-state index in [0.29, 0.717) is 12.4 Å². The number of hydrogen-bond acceptors (Lipinski definition) is 4. The van der Waals surface area contributed by atoms with Crippen molar-refractivity contribution in [2.45, 2.75) is 33.3 Å². The first-order valence-electron chi connectivity index (χ1n) is 5.40. The molecule has 0 radical (unpaired) electrons. The van der Waals surface area contributed by atoms with Gasteiger partial charge in [-0.1, -0.05) is 6.92 Å². The largest absolute Gasteiger partial charge is 0.474 e. The number of hydrogen-bond donors (Lipinski definition) is 1. The molecule has 0 unspecified atom stereocenters. The van der Waals surface area contributed by atoms with E-state index >= 15 is 0 Å². The summed E-state index contributed by atoms with van der Waals surface area (Å²) >= 11 is 0. The van der Waals surface area contributed by atoms with Gasteiger partial charge in [0, 0.05) is 6.54 Å². The van der Waals surface area contributed by atoms with Gasteiger partial charge in [0.1, 0.15) is 5.69 Å². The molecule has 0 atom stereocenters. The average molecular weight is 223 g/mol. The first-order valence-corrected chi connectivity index (χ1v) is 5.40. The highest BCUT2D eigenvalue weighted by Crippen LogP contribution is 2.07. The Morgan fingerprint density at radius 3 is 2.88 bits per heavy atom. The van der Waals surface area contributed by atoms with Gasteiger partial charge in [0.15, 0.2) is 0 Å². The van der Waals surface area contributed by atoms with E-state index in [1.54, 1.807) is 0 Å². The molecule has 0 fully saturated rings. The molecule has 1 aromatic rings. The molecule has 1 rings (SSSR count). The average Bonchev–Trinajstić information content (AvgIpc) is 2.25. The molecule has 1 N–H and O–H groups in total. The highest BCUT2D eigenvalue weighted by molar-refractivity contribution is 5.91. The fraction of sp³-hybridized carbons (Fsp3) is 0.545. The van der Waals surface area contributed by atoms with E-state index in [0.717, 1.165) is 6.42 Å². The molecule has 16 heavy (non-hydrogen) atoms. The molecular formula is C11H17N3O2. The smallest absolute Gasteiger partial charge is 0.271 e. The number of amides is 1. The third-order valence-corrected chi connectivity index (χ3v) is 1.74. The Balaban J connectivity index is 2.69. The molecule has 0 aliphatic rings. The summed E-state index contributed by atoms with van der Waals surface area (Å²) in [5.74, 6) is 0.155. The van der Waals surface area contributed by atoms with Crippen LogP contribution in [0.25, 0.3) is 0 Å². The number of aromatic nitrogens is 2. The van der Waals surface area contributed by atoms with Crippen molar-refractivity contribution in [1.29, 1.82) is 0 Å². The van der Waals surface area contributed by atoms with Crippen LogP contribution in [0.4, 0.5) is 0 Å². The van der Waals surface area contributed by atoms with Crippen molar-refractivity contribution in [3.05, 3.63) is 18.1 Å². The van der Waals surface area contributed by atoms with E-state index in [1.165, 1.54) is 12.4 Å². The zero-order valence-corrected chi connectivity index (χ0v) is 9.86. The Morgan fingerprint density at radius 2 is 2.25 bits per heavy atom. The lowest BCUT2D eigenvalue weighted by molar-refractivity contribution is 0.0946. The Hall–Kier alpha value is -1.65. The van der Waals surface area contributed by atoms with E-state index in [2.05, 4.69) is 15.3 Å². The van der Waals surface area contributed by atoms with E-state index in [9.17, 15) is 4.79 Å². The maximum atomic E-state index is 11.6. The van der Waals surface area contributed by atoms with Crippen molar-refractivity contribution in [1.82, 2.24) is 15.3 Å². The first kappa shape index (κ1) is 12.4. The molecule has 5 nitrogen and oxygen atoms in total. The second-order valence-corrected chi connectivity index (χ2v) is 3.67. The SMILES string of the molecule is CCCNC(=O)c1cncc(OC(C)C)n1. The van der Waals surface area contributed by atoms with Gasteiger partial charge in [-0.2, -0.15) is 0 Å². The summed E-state index contributed by atoms with van der Waals surface area (Å²) in [6, 6.07) is 0. The predicted molar refractivity (Wildman–Crippen MR) is 60.4 cm³/mol. The standard InChI is InChI=1S/C11H17N3O2/c1-4-5-13-11(15)9-6-12-7-10(14-9)16-8(2)3/h6-8H,4-5H2,1-3H3,(H,13,15). The zero-order valence-electron chi connectivity index (χ0n) is 9.86. The van der Waals surface area contributed by atoms with E-state index in [4.69, 9.17) is 4.74 Å². The number of rotatable bonds is 5. The van der Waals surface area contributed by atoms with Crippen LogP contribution in [0.1, 0.15) is 37.7 Å². The summed E-state index contributed by atoms with van der Waals surface area (Å²) in [5, 5.41) is 2.73. The molecule has 1 aromatic heterocycles. The minimum atomic E-state index is -0.219. The van der Waals surface area contributed by atoms with Gasteiger partial charge in [0.25, 0.3) is 5.91 Å². The number of carbonyl (C=O) groups excluding carboxylic acids is 1. The molecule has 0 aliphatic heterocycles. The van der Waals surface area contributed by atoms with Gasteiger partial charge in [0.2, 0.25) is 5.88 Å². The van der Waals surface area contributed by atoms with E-state index in [-0.39, 0.29) is 17.7 Å². The second kappa shape index (κ2) is 6.05. The number of ether oxygens (including phenoxy) is 1. The van der Waals surface area contributed by atoms with Gasteiger partial charge >= 0.3 is 0 Å². The van der Waals surface area contributed by atoms with Crippen molar-refractivity contribution < 1.29 is 9.53 Å². The van der Waals surface area contributed by atoms with E-state index < -0.39 is 0 Å². The molecule has 0 aliphatic carbocycles. The maximum absolute atomic E-state index is 11.6. The summed E-state index contributed by atoms with van der Waals surface area (Å²) in [5.41, 5.74) is 0.284. The fourth-order valence-electron chi connectivity index (χ4n) is 1.08. The summed E-state index contributed by atoms with van der Waals surface area (Å²) in [6.07, 6.45) is 3.83. The molecule has 0 aromatic carbocycles. The first-order chi connectivity index (χ1) is 7.63. The van der Waals surface area contributed by atoms with Gasteiger partial charge in [-0.05, 0) is 20.3 Å². The van der Waals surface area contributed by atoms with Crippen LogP contribution in [0.3, 0.4) is 0 Å². The molecule has 0 bridgehead atoms. The summed E-state index contributed by atoms with van der Waals surface area (Å²) in [6.45, 7) is 6.41. The van der Waals surface area contributed by atoms with Gasteiger partial charge in [0.05, 0.1) is 18.5 Å². The number of carbonyl (C=O) groups is 1. The van der Waals surface area contributed by atoms with Crippen LogP contribution >= 0.6 is 0 Å². The quantitative estimate of drug-likeness (QED) is 0.819. The van der Waals surface area contributed by atoms with Crippen molar-refractivity contribution in [2.24, 2.45) is 0 Å².